The summed E-state index contributed by atoms with van der Waals surface area (Å²) in [5.74, 6) is -0.285. The van der Waals surface area contributed by atoms with Gasteiger partial charge in [0.05, 0.1) is 18.0 Å². The van der Waals surface area contributed by atoms with E-state index in [0.717, 1.165) is 23.4 Å². The maximum absolute atomic E-state index is 12.5. The zero-order valence-corrected chi connectivity index (χ0v) is 18.3. The highest BCUT2D eigenvalue weighted by Crippen LogP contribution is 2.22. The largest absolute Gasteiger partial charge is 0.336 e. The number of carbonyl (C=O) groups is 2. The Morgan fingerprint density at radius 1 is 1.20 bits per heavy atom. The molecule has 7 nitrogen and oxygen atoms in total. The van der Waals surface area contributed by atoms with Gasteiger partial charge in [-0.15, -0.1) is 10.2 Å². The molecular weight excluding hydrogens is 422 g/mol. The van der Waals surface area contributed by atoms with E-state index < -0.39 is 0 Å². The van der Waals surface area contributed by atoms with Crippen molar-refractivity contribution < 1.29 is 9.59 Å². The van der Waals surface area contributed by atoms with Gasteiger partial charge in [-0.1, -0.05) is 54.6 Å². The number of para-hydroxylation sites is 1. The molecule has 0 spiro atoms. The van der Waals surface area contributed by atoms with Gasteiger partial charge in [0.25, 0.3) is 0 Å². The SMILES string of the molecule is CCc1ccccc1NC(=O)CN(C)C(=O)CSc1nncn1-c1cccc(Cl)c1. The molecule has 0 bridgehead atoms. The molecule has 3 aromatic rings. The van der Waals surface area contributed by atoms with Crippen LogP contribution >= 0.6 is 23.4 Å². The van der Waals surface area contributed by atoms with Crippen LogP contribution in [0.15, 0.2) is 60.0 Å². The number of amides is 2. The van der Waals surface area contributed by atoms with Crippen molar-refractivity contribution in [2.75, 3.05) is 24.7 Å². The molecule has 0 atom stereocenters. The highest BCUT2D eigenvalue weighted by atomic mass is 35.5. The number of nitrogens with zero attached hydrogens (tertiary/aromatic N) is 4. The molecule has 1 aromatic heterocycles. The molecule has 156 valence electrons. The average molecular weight is 444 g/mol. The summed E-state index contributed by atoms with van der Waals surface area (Å²) in [5, 5.41) is 12.0. The normalized spacial score (nSPS) is 10.6. The van der Waals surface area contributed by atoms with E-state index in [4.69, 9.17) is 11.6 Å². The first-order chi connectivity index (χ1) is 14.5. The lowest BCUT2D eigenvalue weighted by atomic mass is 10.1. The molecular formula is C21H22ClN5O2S. The Morgan fingerprint density at radius 2 is 2.00 bits per heavy atom. The van der Waals surface area contributed by atoms with E-state index in [1.807, 2.05) is 43.3 Å². The van der Waals surface area contributed by atoms with Crippen molar-refractivity contribution in [2.24, 2.45) is 0 Å². The monoisotopic (exact) mass is 443 g/mol. The predicted octanol–water partition coefficient (Wildman–Crippen LogP) is 3.67. The molecule has 1 heterocycles. The summed E-state index contributed by atoms with van der Waals surface area (Å²) in [7, 11) is 1.61. The molecule has 1 N–H and O–H groups in total. The number of benzene rings is 2. The van der Waals surface area contributed by atoms with E-state index in [-0.39, 0.29) is 24.1 Å². The minimum Gasteiger partial charge on any atom is -0.336 e. The zero-order valence-electron chi connectivity index (χ0n) is 16.7. The maximum atomic E-state index is 12.5. The molecule has 0 aliphatic carbocycles. The quantitative estimate of drug-likeness (QED) is 0.537. The second-order valence-corrected chi connectivity index (χ2v) is 7.94. The summed E-state index contributed by atoms with van der Waals surface area (Å²) in [6, 6.07) is 14.9. The predicted molar refractivity (Wildman–Crippen MR) is 119 cm³/mol. The van der Waals surface area contributed by atoms with Crippen molar-refractivity contribution in [3.63, 3.8) is 0 Å². The lowest BCUT2D eigenvalue weighted by Gasteiger charge is -2.17. The fourth-order valence-corrected chi connectivity index (χ4v) is 3.86. The second kappa shape index (κ2) is 10.3. The molecule has 0 saturated heterocycles. The number of aromatic nitrogens is 3. The number of carbonyl (C=O) groups excluding carboxylic acids is 2. The minimum atomic E-state index is -0.237. The Balaban J connectivity index is 1.55. The first kappa shape index (κ1) is 21.9. The van der Waals surface area contributed by atoms with E-state index in [1.54, 1.807) is 30.1 Å². The fourth-order valence-electron chi connectivity index (χ4n) is 2.81. The van der Waals surface area contributed by atoms with Gasteiger partial charge in [-0.05, 0) is 36.2 Å². The third-order valence-electron chi connectivity index (χ3n) is 4.41. The molecule has 0 aliphatic rings. The smallest absolute Gasteiger partial charge is 0.243 e. The summed E-state index contributed by atoms with van der Waals surface area (Å²) in [6.45, 7) is 2.00. The summed E-state index contributed by atoms with van der Waals surface area (Å²) in [4.78, 5) is 26.2. The number of rotatable bonds is 8. The molecule has 3 rings (SSSR count). The van der Waals surface area contributed by atoms with Crippen LogP contribution in [0.5, 0.6) is 0 Å². The molecule has 9 heteroatoms. The first-order valence-electron chi connectivity index (χ1n) is 9.38. The van der Waals surface area contributed by atoms with E-state index in [0.29, 0.717) is 10.2 Å². The van der Waals surface area contributed by atoms with Crippen LogP contribution in [-0.2, 0) is 16.0 Å². The Labute approximate surface area is 184 Å². The van der Waals surface area contributed by atoms with Crippen LogP contribution in [0.1, 0.15) is 12.5 Å². The highest BCUT2D eigenvalue weighted by molar-refractivity contribution is 7.99. The van der Waals surface area contributed by atoms with E-state index in [9.17, 15) is 9.59 Å². The standard InChI is InChI=1S/C21H22ClN5O2S/c1-3-15-7-4-5-10-18(15)24-19(28)12-26(2)20(29)13-30-21-25-23-14-27(21)17-9-6-8-16(22)11-17/h4-11,14H,3,12-13H2,1-2H3,(H,24,28). The van der Waals surface area contributed by atoms with Gasteiger partial charge in [-0.2, -0.15) is 0 Å². The number of aryl methyl sites for hydroxylation is 1. The topological polar surface area (TPSA) is 80.1 Å². The van der Waals surface area contributed by atoms with Crippen LogP contribution in [0, 0.1) is 0 Å². The molecule has 0 unspecified atom stereocenters. The van der Waals surface area contributed by atoms with Crippen LogP contribution in [0.3, 0.4) is 0 Å². The highest BCUT2D eigenvalue weighted by Gasteiger charge is 2.16. The number of nitrogens with one attached hydrogen (secondary N) is 1. The zero-order chi connectivity index (χ0) is 21.5. The Bertz CT molecular complexity index is 1040. The van der Waals surface area contributed by atoms with Gasteiger partial charge in [-0.3, -0.25) is 14.2 Å². The molecule has 0 fully saturated rings. The van der Waals surface area contributed by atoms with E-state index >= 15 is 0 Å². The lowest BCUT2D eigenvalue weighted by molar-refractivity contribution is -0.131. The number of hydrogen-bond acceptors (Lipinski definition) is 5. The molecule has 2 amide bonds. The Kier molecular flexibility index (Phi) is 7.48. The molecule has 30 heavy (non-hydrogen) atoms. The third-order valence-corrected chi connectivity index (χ3v) is 5.57. The maximum Gasteiger partial charge on any atom is 0.243 e. The first-order valence-corrected chi connectivity index (χ1v) is 10.7. The van der Waals surface area contributed by atoms with Gasteiger partial charge in [0.2, 0.25) is 11.8 Å². The average Bonchev–Trinajstić information content (AvgIpc) is 3.21. The van der Waals surface area contributed by atoms with Crippen LogP contribution < -0.4 is 5.32 Å². The van der Waals surface area contributed by atoms with Crippen molar-refractivity contribution in [3.8, 4) is 5.69 Å². The summed E-state index contributed by atoms with van der Waals surface area (Å²) < 4.78 is 1.76. The number of thioether (sulfide) groups is 1. The van der Waals surface area contributed by atoms with Gasteiger partial charge >= 0.3 is 0 Å². The summed E-state index contributed by atoms with van der Waals surface area (Å²) in [5.41, 5.74) is 2.63. The number of likely N-dealkylation sites (N-methyl/N-ethyl adjacent to an activating group) is 1. The van der Waals surface area contributed by atoms with Crippen LogP contribution in [0.2, 0.25) is 5.02 Å². The summed E-state index contributed by atoms with van der Waals surface area (Å²) >= 11 is 7.30. The van der Waals surface area contributed by atoms with Crippen molar-refractivity contribution in [1.29, 1.82) is 0 Å². The van der Waals surface area contributed by atoms with Crippen LogP contribution in [0.4, 0.5) is 5.69 Å². The molecule has 0 radical (unpaired) electrons. The minimum absolute atomic E-state index is 0.0293. The van der Waals surface area contributed by atoms with Crippen LogP contribution in [0.25, 0.3) is 5.69 Å². The Hall–Kier alpha value is -2.84. The van der Waals surface area contributed by atoms with Gasteiger partial charge in [0.1, 0.15) is 6.33 Å². The third kappa shape index (κ3) is 5.61. The number of halogens is 1. The number of anilines is 1. The van der Waals surface area contributed by atoms with Gasteiger partial charge in [-0.25, -0.2) is 0 Å². The van der Waals surface area contributed by atoms with E-state index in [1.165, 1.54) is 16.7 Å². The molecule has 0 saturated carbocycles. The van der Waals surface area contributed by atoms with Crippen molar-refractivity contribution in [2.45, 2.75) is 18.5 Å². The number of hydrogen-bond donors (Lipinski definition) is 1. The molecule has 2 aromatic carbocycles. The van der Waals surface area contributed by atoms with E-state index in [2.05, 4.69) is 15.5 Å². The lowest BCUT2D eigenvalue weighted by Crippen LogP contribution is -2.36. The molecule has 0 aliphatic heterocycles. The van der Waals surface area contributed by atoms with Crippen molar-refractivity contribution >= 4 is 40.9 Å². The van der Waals surface area contributed by atoms with Gasteiger partial charge < -0.3 is 10.2 Å². The second-order valence-electron chi connectivity index (χ2n) is 6.56. The van der Waals surface area contributed by atoms with Gasteiger partial charge in [0.15, 0.2) is 5.16 Å². The Morgan fingerprint density at radius 3 is 2.77 bits per heavy atom. The van der Waals surface area contributed by atoms with Crippen LogP contribution in [-0.4, -0.2) is 50.8 Å². The summed E-state index contributed by atoms with van der Waals surface area (Å²) in [6.07, 6.45) is 2.38. The van der Waals surface area contributed by atoms with Crippen molar-refractivity contribution in [3.05, 3.63) is 65.4 Å². The van der Waals surface area contributed by atoms with Gasteiger partial charge in [0, 0.05) is 17.8 Å². The fraction of sp³-hybridized carbons (Fsp3) is 0.238. The van der Waals surface area contributed by atoms with Crippen molar-refractivity contribution in [1.82, 2.24) is 19.7 Å².